The first-order chi connectivity index (χ1) is 22.8. The monoisotopic (exact) mass is 662 g/mol. The summed E-state index contributed by atoms with van der Waals surface area (Å²) in [6, 6.07) is 30.1. The number of anilines is 1. The van der Waals surface area contributed by atoms with Crippen LogP contribution in [0.5, 0.6) is 0 Å². The topological polar surface area (TPSA) is 114 Å². The highest BCUT2D eigenvalue weighted by atomic mass is 32.2. The molecule has 0 saturated heterocycles. The summed E-state index contributed by atoms with van der Waals surface area (Å²) in [5.74, 6) is 5.12. The van der Waals surface area contributed by atoms with Gasteiger partial charge in [-0.15, -0.1) is 0 Å². The Kier molecular flexibility index (Phi) is 11.4. The molecule has 0 aliphatic carbocycles. The highest BCUT2D eigenvalue weighted by molar-refractivity contribution is 7.93. The molecule has 0 spiro atoms. The molecule has 4 aromatic rings. The van der Waals surface area contributed by atoms with Crippen molar-refractivity contribution in [2.45, 2.75) is 57.5 Å². The third-order valence-electron chi connectivity index (χ3n) is 7.38. The highest BCUT2D eigenvalue weighted by Gasteiger charge is 2.34. The van der Waals surface area contributed by atoms with Gasteiger partial charge in [-0.1, -0.05) is 72.0 Å². The Bertz CT molecular complexity index is 1980. The number of amides is 1. The number of hydrogen-bond acceptors (Lipinski definition) is 7. The van der Waals surface area contributed by atoms with Crippen molar-refractivity contribution in [2.75, 3.05) is 11.4 Å². The van der Waals surface area contributed by atoms with Crippen molar-refractivity contribution in [1.29, 1.82) is 5.26 Å². The number of ether oxygens (including phenoxy) is 2. The lowest BCUT2D eigenvalue weighted by molar-refractivity contribution is -0.145. The number of esters is 1. The van der Waals surface area contributed by atoms with Gasteiger partial charge in [0.15, 0.2) is 0 Å². The predicted octanol–water partition coefficient (Wildman–Crippen LogP) is 7.83. The molecule has 0 saturated carbocycles. The molecule has 4 aromatic carbocycles. The van der Waals surface area contributed by atoms with E-state index in [1.165, 1.54) is 19.2 Å². The molecule has 0 fully saturated rings. The third-order valence-corrected chi connectivity index (χ3v) is 9.07. The van der Waals surface area contributed by atoms with Crippen molar-refractivity contribution < 1.29 is 27.5 Å². The zero-order valence-electron chi connectivity index (χ0n) is 27.7. The lowest BCUT2D eigenvalue weighted by atomic mass is 9.95. The van der Waals surface area contributed by atoms with Gasteiger partial charge in [0, 0.05) is 12.0 Å². The zero-order chi connectivity index (χ0) is 34.9. The van der Waals surface area contributed by atoms with E-state index in [-0.39, 0.29) is 23.0 Å². The van der Waals surface area contributed by atoms with Gasteiger partial charge in [-0.25, -0.2) is 13.2 Å². The number of sulfonamides is 1. The van der Waals surface area contributed by atoms with Crippen molar-refractivity contribution in [3.05, 3.63) is 119 Å². The second kappa shape index (κ2) is 15.5. The smallest absolute Gasteiger partial charge is 0.429 e. The molecule has 0 N–H and O–H groups in total. The van der Waals surface area contributed by atoms with Gasteiger partial charge in [-0.3, -0.25) is 4.79 Å². The quantitative estimate of drug-likeness (QED) is 0.133. The Balaban J connectivity index is 1.50. The van der Waals surface area contributed by atoms with E-state index in [1.54, 1.807) is 63.2 Å². The van der Waals surface area contributed by atoms with Crippen molar-refractivity contribution >= 4 is 27.8 Å². The Morgan fingerprint density at radius 3 is 2.19 bits per heavy atom. The number of rotatable bonds is 9. The molecule has 0 aromatic heterocycles. The average molecular weight is 663 g/mol. The number of nitriles is 1. The largest absolute Gasteiger partial charge is 0.469 e. The molecule has 9 heteroatoms. The summed E-state index contributed by atoms with van der Waals surface area (Å²) in [4.78, 5) is 25.7. The van der Waals surface area contributed by atoms with Crippen LogP contribution in [-0.4, -0.2) is 33.2 Å². The average Bonchev–Trinajstić information content (AvgIpc) is 3.06. The lowest BCUT2D eigenvalue weighted by Crippen LogP contribution is -2.41. The molecule has 0 aliphatic rings. The van der Waals surface area contributed by atoms with E-state index in [0.717, 1.165) is 22.3 Å². The maximum Gasteiger partial charge on any atom is 0.429 e. The third kappa shape index (κ3) is 9.34. The van der Waals surface area contributed by atoms with E-state index in [9.17, 15) is 23.3 Å². The summed E-state index contributed by atoms with van der Waals surface area (Å²) in [6.07, 6.45) is 0.301. The van der Waals surface area contributed by atoms with Crippen LogP contribution in [0.3, 0.4) is 0 Å². The Morgan fingerprint density at radius 2 is 1.54 bits per heavy atom. The molecule has 0 radical (unpaired) electrons. The van der Waals surface area contributed by atoms with Crippen LogP contribution >= 0.6 is 0 Å². The Hall–Kier alpha value is -5.38. The summed E-state index contributed by atoms with van der Waals surface area (Å²) in [6.45, 7) is 6.85. The van der Waals surface area contributed by atoms with Crippen molar-refractivity contribution in [2.24, 2.45) is 5.92 Å². The minimum atomic E-state index is -4.38. The fourth-order valence-electron chi connectivity index (χ4n) is 4.88. The number of hydrogen-bond donors (Lipinski definition) is 0. The van der Waals surface area contributed by atoms with Crippen LogP contribution in [0.1, 0.15) is 55.9 Å². The first-order valence-corrected chi connectivity index (χ1v) is 16.9. The predicted molar refractivity (Wildman–Crippen MR) is 185 cm³/mol. The van der Waals surface area contributed by atoms with Crippen molar-refractivity contribution in [3.63, 3.8) is 0 Å². The van der Waals surface area contributed by atoms with E-state index >= 15 is 0 Å². The van der Waals surface area contributed by atoms with Crippen LogP contribution in [0.4, 0.5) is 10.5 Å². The summed E-state index contributed by atoms with van der Waals surface area (Å²) in [5, 5.41) is 9.19. The van der Waals surface area contributed by atoms with Gasteiger partial charge in [0.25, 0.3) is 10.0 Å². The maximum absolute atomic E-state index is 13.9. The SMILES string of the molecule is COC(=O)C(CC#Cc1cccc(S(=O)(=O)N(C(=O)OC(C)(C)C)c2ccc(C)cc2)c1)CCc1ccc(-c2cccc(C#N)c2)cc1. The molecule has 48 heavy (non-hydrogen) atoms. The first-order valence-electron chi connectivity index (χ1n) is 15.4. The Labute approximate surface area is 283 Å². The highest BCUT2D eigenvalue weighted by Crippen LogP contribution is 2.28. The first kappa shape index (κ1) is 35.5. The van der Waals surface area contributed by atoms with Crippen LogP contribution < -0.4 is 4.31 Å². The number of aryl methyl sites for hydroxylation is 2. The van der Waals surface area contributed by atoms with Crippen LogP contribution in [-0.2, 0) is 30.7 Å². The van der Waals surface area contributed by atoms with Gasteiger partial charge < -0.3 is 9.47 Å². The van der Waals surface area contributed by atoms with E-state index in [1.807, 2.05) is 49.4 Å². The van der Waals surface area contributed by atoms with Crippen LogP contribution in [0.15, 0.2) is 102 Å². The van der Waals surface area contributed by atoms with Crippen LogP contribution in [0.2, 0.25) is 0 Å². The van der Waals surface area contributed by atoms with Gasteiger partial charge >= 0.3 is 12.1 Å². The minimum absolute atomic E-state index is 0.131. The number of carbonyl (C=O) groups excluding carboxylic acids is 2. The van der Waals surface area contributed by atoms with Gasteiger partial charge in [0.05, 0.1) is 35.2 Å². The van der Waals surface area contributed by atoms with Gasteiger partial charge in [0.1, 0.15) is 5.60 Å². The Morgan fingerprint density at radius 1 is 0.875 bits per heavy atom. The summed E-state index contributed by atoms with van der Waals surface area (Å²) in [5.41, 5.74) is 4.11. The van der Waals surface area contributed by atoms with Gasteiger partial charge in [0.2, 0.25) is 0 Å². The van der Waals surface area contributed by atoms with Gasteiger partial charge in [-0.05, 0) is 99.7 Å². The summed E-state index contributed by atoms with van der Waals surface area (Å²) < 4.78 is 38.9. The summed E-state index contributed by atoms with van der Waals surface area (Å²) in [7, 11) is -3.04. The second-order valence-corrected chi connectivity index (χ2v) is 14.1. The molecule has 1 amide bonds. The number of benzene rings is 4. The molecular formula is C39H38N2O6S. The fourth-order valence-corrected chi connectivity index (χ4v) is 6.25. The molecule has 0 aliphatic heterocycles. The molecule has 246 valence electrons. The molecule has 0 bridgehead atoms. The van der Waals surface area contributed by atoms with E-state index in [4.69, 9.17) is 9.47 Å². The second-order valence-electron chi connectivity index (χ2n) is 12.3. The van der Waals surface area contributed by atoms with Crippen LogP contribution in [0.25, 0.3) is 11.1 Å². The van der Waals surface area contributed by atoms with Crippen molar-refractivity contribution in [1.82, 2.24) is 0 Å². The van der Waals surface area contributed by atoms with Crippen LogP contribution in [0, 0.1) is 36.0 Å². The number of nitrogens with zero attached hydrogens (tertiary/aromatic N) is 2. The van der Waals surface area contributed by atoms with Crippen molar-refractivity contribution in [3.8, 4) is 29.0 Å². The molecular weight excluding hydrogens is 625 g/mol. The van der Waals surface area contributed by atoms with E-state index in [0.29, 0.717) is 28.3 Å². The fraction of sp³-hybridized carbons (Fsp3) is 0.256. The maximum atomic E-state index is 13.9. The van der Waals surface area contributed by atoms with E-state index < -0.39 is 27.6 Å². The molecule has 8 nitrogen and oxygen atoms in total. The molecule has 4 rings (SSSR count). The standard InChI is InChI=1S/C39H38N2O6S/c1-28-15-23-35(24-16-28)41(38(43)47-39(2,3)4)48(44,45)36-14-8-10-30(26-36)9-6-12-33(37(42)46-5)22-19-29-17-20-32(21-18-29)34-13-7-11-31(25-34)27-40/h7-8,10-11,13-18,20-21,23-26,33H,12,19,22H2,1-5H3. The summed E-state index contributed by atoms with van der Waals surface area (Å²) >= 11 is 0. The lowest BCUT2D eigenvalue weighted by Gasteiger charge is -2.27. The zero-order valence-corrected chi connectivity index (χ0v) is 28.5. The number of carbonyl (C=O) groups is 2. The molecule has 0 heterocycles. The van der Waals surface area contributed by atoms with E-state index in [2.05, 4.69) is 17.9 Å². The molecule has 1 unspecified atom stereocenters. The minimum Gasteiger partial charge on any atom is -0.469 e. The van der Waals surface area contributed by atoms with Gasteiger partial charge in [-0.2, -0.15) is 9.57 Å². The normalized spacial score (nSPS) is 11.8. The number of methoxy groups -OCH3 is 1. The molecule has 1 atom stereocenters.